The summed E-state index contributed by atoms with van der Waals surface area (Å²) in [6.07, 6.45) is 7.04. The van der Waals surface area contributed by atoms with E-state index in [0.29, 0.717) is 11.2 Å². The summed E-state index contributed by atoms with van der Waals surface area (Å²) in [5.74, 6) is 0.932. The van der Waals surface area contributed by atoms with Gasteiger partial charge in [0, 0.05) is 30.3 Å². The minimum atomic E-state index is -0.0314. The van der Waals surface area contributed by atoms with Crippen LogP contribution in [0.2, 0.25) is 0 Å². The zero-order valence-electron chi connectivity index (χ0n) is 18.0. The first kappa shape index (κ1) is 20.1. The van der Waals surface area contributed by atoms with Crippen LogP contribution in [0.4, 0.5) is 5.69 Å². The number of ether oxygens (including phenoxy) is 1. The summed E-state index contributed by atoms with van der Waals surface area (Å²) in [7, 11) is 2.11. The largest absolute Gasteiger partial charge is 0.490 e. The number of rotatable bonds is 5. The predicted octanol–water partition coefficient (Wildman–Crippen LogP) is 5.23. The molecule has 2 atom stereocenters. The number of aryl methyl sites for hydroxylation is 1. The van der Waals surface area contributed by atoms with Crippen LogP contribution in [0.5, 0.6) is 5.75 Å². The molecule has 2 aromatic heterocycles. The summed E-state index contributed by atoms with van der Waals surface area (Å²) >= 11 is 5.82. The monoisotopic (exact) mass is 432 g/mol. The lowest BCUT2D eigenvalue weighted by atomic mass is 10.0. The minimum absolute atomic E-state index is 0.00250. The number of thiocarbonyl (C=S) groups is 1. The highest BCUT2D eigenvalue weighted by molar-refractivity contribution is 7.80. The van der Waals surface area contributed by atoms with Crippen LogP contribution in [0.25, 0.3) is 0 Å². The van der Waals surface area contributed by atoms with Crippen molar-refractivity contribution in [2.45, 2.75) is 50.8 Å². The Kier molecular flexibility index (Phi) is 5.40. The number of nitrogens with zero attached hydrogens (tertiary/aromatic N) is 3. The molecule has 0 radical (unpaired) electrons. The van der Waals surface area contributed by atoms with Crippen molar-refractivity contribution in [1.29, 1.82) is 0 Å². The quantitative estimate of drug-likeness (QED) is 0.560. The molecule has 0 bridgehead atoms. The van der Waals surface area contributed by atoms with Crippen molar-refractivity contribution >= 4 is 23.0 Å². The second kappa shape index (κ2) is 8.35. The predicted molar refractivity (Wildman–Crippen MR) is 127 cm³/mol. The van der Waals surface area contributed by atoms with Crippen molar-refractivity contribution in [3.63, 3.8) is 0 Å². The van der Waals surface area contributed by atoms with Crippen molar-refractivity contribution in [1.82, 2.24) is 14.9 Å². The summed E-state index contributed by atoms with van der Waals surface area (Å²) < 4.78 is 8.40. The van der Waals surface area contributed by atoms with Crippen molar-refractivity contribution in [2.24, 2.45) is 7.05 Å². The normalized spacial score (nSPS) is 21.5. The molecule has 5 rings (SSSR count). The first-order chi connectivity index (χ1) is 15.1. The zero-order chi connectivity index (χ0) is 21.4. The van der Waals surface area contributed by atoms with E-state index in [2.05, 4.69) is 76.2 Å². The van der Waals surface area contributed by atoms with Gasteiger partial charge in [0.15, 0.2) is 5.11 Å². The van der Waals surface area contributed by atoms with E-state index in [1.165, 1.54) is 24.2 Å². The standard InChI is InChI=1S/C25H28N4OS/c1-17-10-15-22(28(17)2)24-23(21-9-5-6-16-26-21)27-25(31)29(24)18-11-13-20(14-12-18)30-19-7-3-4-8-19/h5-6,9-16,19,23-24H,3-4,7-8H2,1-2H3,(H,27,31)/t23-,24+/m1/s1. The van der Waals surface area contributed by atoms with Crippen molar-refractivity contribution in [3.05, 3.63) is 77.9 Å². The van der Waals surface area contributed by atoms with E-state index < -0.39 is 0 Å². The van der Waals surface area contributed by atoms with Crippen molar-refractivity contribution in [2.75, 3.05) is 4.90 Å². The van der Waals surface area contributed by atoms with Crippen LogP contribution >= 0.6 is 12.2 Å². The topological polar surface area (TPSA) is 42.3 Å². The van der Waals surface area contributed by atoms with Crippen LogP contribution in [0.3, 0.4) is 0 Å². The maximum absolute atomic E-state index is 6.16. The SMILES string of the molecule is Cc1ccc([C@H]2[C@@H](c3ccccn3)NC(=S)N2c2ccc(OC3CCCC3)cc2)n1C. The third-order valence-electron chi connectivity index (χ3n) is 6.53. The van der Waals surface area contributed by atoms with E-state index in [4.69, 9.17) is 17.0 Å². The van der Waals surface area contributed by atoms with Gasteiger partial charge in [-0.2, -0.15) is 0 Å². The molecule has 2 fully saturated rings. The Labute approximate surface area is 189 Å². The smallest absolute Gasteiger partial charge is 0.174 e. The average Bonchev–Trinajstić information content (AvgIpc) is 3.50. The van der Waals surface area contributed by atoms with E-state index in [1.807, 2.05) is 18.3 Å². The lowest BCUT2D eigenvalue weighted by molar-refractivity contribution is 0.210. The highest BCUT2D eigenvalue weighted by Crippen LogP contribution is 2.42. The van der Waals surface area contributed by atoms with E-state index >= 15 is 0 Å². The third kappa shape index (κ3) is 3.81. The molecule has 0 spiro atoms. The van der Waals surface area contributed by atoms with Gasteiger partial charge in [-0.25, -0.2) is 0 Å². The van der Waals surface area contributed by atoms with E-state index in [-0.39, 0.29) is 12.1 Å². The maximum Gasteiger partial charge on any atom is 0.174 e. The van der Waals surface area contributed by atoms with Crippen LogP contribution in [0.1, 0.15) is 54.8 Å². The summed E-state index contributed by atoms with van der Waals surface area (Å²) in [6, 6.07) is 18.7. The highest BCUT2D eigenvalue weighted by Gasteiger charge is 2.42. The Morgan fingerprint density at radius 1 is 1.03 bits per heavy atom. The molecule has 1 saturated heterocycles. The van der Waals surface area contributed by atoms with Gasteiger partial charge in [-0.05, 0) is 93.4 Å². The molecule has 0 amide bonds. The second-order valence-electron chi connectivity index (χ2n) is 8.47. The van der Waals surface area contributed by atoms with Crippen LogP contribution in [0, 0.1) is 6.92 Å². The fourth-order valence-corrected chi connectivity index (χ4v) is 5.09. The molecule has 160 valence electrons. The number of nitrogens with one attached hydrogen (secondary N) is 1. The van der Waals surface area contributed by atoms with Gasteiger partial charge in [0.2, 0.25) is 0 Å². The Bertz CT molecular complexity index is 1060. The molecule has 3 heterocycles. The molecule has 1 aliphatic carbocycles. The zero-order valence-corrected chi connectivity index (χ0v) is 18.8. The van der Waals surface area contributed by atoms with E-state index in [0.717, 1.165) is 30.0 Å². The number of hydrogen-bond donors (Lipinski definition) is 1. The molecule has 3 aromatic rings. The third-order valence-corrected chi connectivity index (χ3v) is 6.85. The lowest BCUT2D eigenvalue weighted by Crippen LogP contribution is -2.30. The molecule has 5 nitrogen and oxygen atoms in total. The summed E-state index contributed by atoms with van der Waals surface area (Å²) in [4.78, 5) is 6.84. The van der Waals surface area contributed by atoms with Gasteiger partial charge < -0.3 is 19.5 Å². The van der Waals surface area contributed by atoms with E-state index in [9.17, 15) is 0 Å². The number of anilines is 1. The molecule has 1 N–H and O–H groups in total. The van der Waals surface area contributed by atoms with Gasteiger partial charge in [0.25, 0.3) is 0 Å². The van der Waals surface area contributed by atoms with Gasteiger partial charge in [-0.3, -0.25) is 4.98 Å². The van der Waals surface area contributed by atoms with Crippen LogP contribution in [-0.4, -0.2) is 20.8 Å². The Hall–Kier alpha value is -2.86. The molecule has 1 saturated carbocycles. The average molecular weight is 433 g/mol. The van der Waals surface area contributed by atoms with Gasteiger partial charge >= 0.3 is 0 Å². The number of hydrogen-bond acceptors (Lipinski definition) is 3. The molecular formula is C25H28N4OS. The summed E-state index contributed by atoms with van der Waals surface area (Å²) in [5, 5.41) is 4.24. The first-order valence-electron chi connectivity index (χ1n) is 11.0. The Balaban J connectivity index is 1.49. The molecule has 2 aliphatic rings. The van der Waals surface area contributed by atoms with Crippen molar-refractivity contribution in [3.8, 4) is 5.75 Å². The van der Waals surface area contributed by atoms with Crippen LogP contribution < -0.4 is 15.0 Å². The molecule has 1 aliphatic heterocycles. The molecule has 31 heavy (non-hydrogen) atoms. The Morgan fingerprint density at radius 3 is 2.45 bits per heavy atom. The number of benzene rings is 1. The molecule has 0 unspecified atom stereocenters. The minimum Gasteiger partial charge on any atom is -0.490 e. The summed E-state index contributed by atoms with van der Waals surface area (Å²) in [5.41, 5.74) is 4.45. The molecule has 1 aromatic carbocycles. The number of aromatic nitrogens is 2. The molecule has 6 heteroatoms. The molecular weight excluding hydrogens is 404 g/mol. The highest BCUT2D eigenvalue weighted by atomic mass is 32.1. The van der Waals surface area contributed by atoms with Crippen molar-refractivity contribution < 1.29 is 4.74 Å². The van der Waals surface area contributed by atoms with Crippen LogP contribution in [-0.2, 0) is 7.05 Å². The fourth-order valence-electron chi connectivity index (χ4n) is 4.75. The first-order valence-corrected chi connectivity index (χ1v) is 11.4. The number of pyridine rings is 1. The second-order valence-corrected chi connectivity index (χ2v) is 8.86. The summed E-state index contributed by atoms with van der Waals surface area (Å²) in [6.45, 7) is 2.12. The van der Waals surface area contributed by atoms with Gasteiger partial charge in [-0.1, -0.05) is 6.07 Å². The van der Waals surface area contributed by atoms with Gasteiger partial charge in [-0.15, -0.1) is 0 Å². The van der Waals surface area contributed by atoms with Crippen LogP contribution in [0.15, 0.2) is 60.8 Å². The Morgan fingerprint density at radius 2 is 1.81 bits per heavy atom. The lowest BCUT2D eigenvalue weighted by Gasteiger charge is -2.28. The van der Waals surface area contributed by atoms with E-state index in [1.54, 1.807) is 0 Å². The van der Waals surface area contributed by atoms with Gasteiger partial charge in [0.05, 0.1) is 17.8 Å². The van der Waals surface area contributed by atoms with Gasteiger partial charge in [0.1, 0.15) is 11.8 Å². The fraction of sp³-hybridized carbons (Fsp3) is 0.360. The maximum atomic E-state index is 6.16.